The van der Waals surface area contributed by atoms with Crippen LogP contribution in [0.3, 0.4) is 0 Å². The van der Waals surface area contributed by atoms with E-state index < -0.39 is 67.2 Å². The summed E-state index contributed by atoms with van der Waals surface area (Å²) in [6.07, 6.45) is -27.5. The maximum atomic E-state index is 13.4. The number of nitrogens with one attached hydrogen (secondary N) is 1. The highest BCUT2D eigenvalue weighted by atomic mass is 19.4. The van der Waals surface area contributed by atoms with Gasteiger partial charge < -0.3 is 23.9 Å². The number of furan rings is 1. The smallest absolute Gasteiger partial charge is 0.453 e. The van der Waals surface area contributed by atoms with Crippen molar-refractivity contribution in [3.8, 4) is 0 Å². The van der Waals surface area contributed by atoms with E-state index >= 15 is 0 Å². The van der Waals surface area contributed by atoms with Crippen molar-refractivity contribution in [1.29, 1.82) is 0 Å². The van der Waals surface area contributed by atoms with E-state index in [1.807, 2.05) is 0 Å². The number of hydrogen-bond donors (Lipinski definition) is 1. The molecule has 0 bridgehead atoms. The van der Waals surface area contributed by atoms with Crippen molar-refractivity contribution in [1.82, 2.24) is 5.32 Å². The Labute approximate surface area is 168 Å². The minimum absolute atomic E-state index is 0.472. The van der Waals surface area contributed by atoms with Gasteiger partial charge in [-0.2, -0.15) is 52.7 Å². The van der Waals surface area contributed by atoms with Gasteiger partial charge in [0.1, 0.15) is 6.10 Å². The van der Waals surface area contributed by atoms with Crippen molar-refractivity contribution in [2.75, 3.05) is 13.2 Å². The lowest BCUT2D eigenvalue weighted by Gasteiger charge is -2.37. The van der Waals surface area contributed by atoms with Gasteiger partial charge in [0.15, 0.2) is 5.76 Å². The Morgan fingerprint density at radius 2 is 1.53 bits per heavy atom. The lowest BCUT2D eigenvalue weighted by Crippen LogP contribution is -2.69. The second kappa shape index (κ2) is 7.98. The molecule has 6 nitrogen and oxygen atoms in total. The van der Waals surface area contributed by atoms with Gasteiger partial charge in [-0.1, -0.05) is 0 Å². The quantitative estimate of drug-likeness (QED) is 0.489. The molecule has 0 unspecified atom stereocenters. The summed E-state index contributed by atoms with van der Waals surface area (Å²) >= 11 is 0. The van der Waals surface area contributed by atoms with E-state index in [4.69, 9.17) is 0 Å². The predicted molar refractivity (Wildman–Crippen MR) is 72.6 cm³/mol. The van der Waals surface area contributed by atoms with Gasteiger partial charge in [-0.3, -0.25) is 4.79 Å². The summed E-state index contributed by atoms with van der Waals surface area (Å²) in [5, 5.41) is 0.472. The molecule has 1 aliphatic heterocycles. The van der Waals surface area contributed by atoms with E-state index in [0.717, 1.165) is 12.3 Å². The van der Waals surface area contributed by atoms with Gasteiger partial charge in [-0.15, -0.1) is 0 Å². The number of ether oxygens (including phenoxy) is 3. The third kappa shape index (κ3) is 4.47. The molecular weight excluding hydrogens is 490 g/mol. The summed E-state index contributed by atoms with van der Waals surface area (Å²) in [4.78, 5) is 11.7. The van der Waals surface area contributed by atoms with E-state index in [-0.39, 0.29) is 0 Å². The first-order valence-corrected chi connectivity index (χ1v) is 7.86. The first kappa shape index (κ1) is 26.0. The fourth-order valence-corrected chi connectivity index (χ4v) is 2.40. The summed E-state index contributed by atoms with van der Waals surface area (Å²) in [5.74, 6) is -8.45. The van der Waals surface area contributed by atoms with Crippen LogP contribution in [-0.2, 0) is 14.2 Å². The molecule has 1 aromatic rings. The molecule has 32 heavy (non-hydrogen) atoms. The van der Waals surface area contributed by atoms with E-state index in [9.17, 15) is 57.5 Å². The maximum absolute atomic E-state index is 13.4. The molecule has 2 rings (SSSR count). The van der Waals surface area contributed by atoms with Crippen LogP contribution in [0, 0.1) is 0 Å². The number of hydrogen-bond acceptors (Lipinski definition) is 5. The Hall–Kier alpha value is -2.21. The van der Waals surface area contributed by atoms with Crippen LogP contribution < -0.4 is 5.32 Å². The third-order valence-electron chi connectivity index (χ3n) is 3.87. The molecule has 0 saturated carbocycles. The number of carbonyl (C=O) groups is 1. The van der Waals surface area contributed by atoms with Gasteiger partial charge in [-0.05, 0) is 12.1 Å². The summed E-state index contributed by atoms with van der Waals surface area (Å²) in [6.45, 7) is -3.89. The molecule has 0 aromatic carbocycles. The Balaban J connectivity index is 2.33. The minimum Gasteiger partial charge on any atom is -0.459 e. The van der Waals surface area contributed by atoms with E-state index in [1.165, 1.54) is 0 Å². The predicted octanol–water partition coefficient (Wildman–Crippen LogP) is 4.08. The number of carbonyl (C=O) groups excluding carboxylic acids is 1. The van der Waals surface area contributed by atoms with Gasteiger partial charge in [0.25, 0.3) is 5.91 Å². The number of alkyl halides is 12. The zero-order valence-corrected chi connectivity index (χ0v) is 14.8. The van der Waals surface area contributed by atoms with Gasteiger partial charge in [0.05, 0.1) is 19.5 Å². The molecule has 1 saturated heterocycles. The lowest BCUT2D eigenvalue weighted by molar-refractivity contribution is -0.445. The topological polar surface area (TPSA) is 69.9 Å². The van der Waals surface area contributed by atoms with Crippen molar-refractivity contribution in [3.63, 3.8) is 0 Å². The number of rotatable bonds is 5. The second-order valence-electron chi connectivity index (χ2n) is 6.08. The highest BCUT2D eigenvalue weighted by molar-refractivity contribution is 5.91. The molecule has 1 N–H and O–H groups in total. The van der Waals surface area contributed by atoms with Crippen LogP contribution in [0.5, 0.6) is 0 Å². The van der Waals surface area contributed by atoms with Crippen LogP contribution in [-0.4, -0.2) is 61.4 Å². The maximum Gasteiger partial charge on any atom is 0.453 e. The zero-order chi connectivity index (χ0) is 24.8. The molecule has 0 radical (unpaired) electrons. The van der Waals surface area contributed by atoms with Crippen molar-refractivity contribution in [3.05, 3.63) is 24.2 Å². The van der Waals surface area contributed by atoms with Gasteiger partial charge >= 0.3 is 36.2 Å². The standard InChI is InChI=1S/C14H9F12NO5/c15-11(16,17)9(12(18,19)20,27-8(28)7-2-1-3-29-7)30-4-6-5-31-10(32-6,13(21,22)23)14(24,25)26/h1-3,6H,4-5H2,(H,27,28)/t6-/m1/s1. The average molecular weight is 499 g/mol. The van der Waals surface area contributed by atoms with Crippen molar-refractivity contribution in [2.45, 2.75) is 42.3 Å². The Bertz CT molecular complexity index is 767. The first-order valence-electron chi connectivity index (χ1n) is 7.86. The number of halogens is 12. The molecule has 1 aliphatic rings. The molecule has 1 fully saturated rings. The van der Waals surface area contributed by atoms with Crippen LogP contribution >= 0.6 is 0 Å². The molecule has 1 amide bonds. The SMILES string of the molecule is O=C(NC(OC[C@@H]1COC(C(F)(F)F)(C(F)(F)F)O1)(C(F)(F)F)C(F)(F)F)c1ccco1. The lowest BCUT2D eigenvalue weighted by atomic mass is 10.1. The fourth-order valence-electron chi connectivity index (χ4n) is 2.40. The van der Waals surface area contributed by atoms with Gasteiger partial charge in [0, 0.05) is 0 Å². The van der Waals surface area contributed by atoms with Crippen LogP contribution in [0.2, 0.25) is 0 Å². The van der Waals surface area contributed by atoms with Crippen LogP contribution in [0.15, 0.2) is 22.8 Å². The minimum atomic E-state index is -6.49. The normalized spacial score (nSPS) is 20.4. The summed E-state index contributed by atoms with van der Waals surface area (Å²) in [5.41, 5.74) is -5.55. The van der Waals surface area contributed by atoms with Crippen molar-refractivity contribution in [2.24, 2.45) is 0 Å². The van der Waals surface area contributed by atoms with E-state index in [2.05, 4.69) is 18.6 Å². The van der Waals surface area contributed by atoms with Crippen molar-refractivity contribution < 1.29 is 76.1 Å². The Morgan fingerprint density at radius 3 is 1.91 bits per heavy atom. The first-order chi connectivity index (χ1) is 14.3. The average Bonchev–Trinajstić information content (AvgIpc) is 3.24. The fraction of sp³-hybridized carbons (Fsp3) is 0.643. The van der Waals surface area contributed by atoms with Gasteiger partial charge in [-0.25, -0.2) is 0 Å². The molecular formula is C14H9F12NO5. The summed E-state index contributed by atoms with van der Waals surface area (Å²) in [6, 6.07) is 1.60. The number of amides is 1. The highest BCUT2D eigenvalue weighted by Crippen LogP contribution is 2.50. The Kier molecular flexibility index (Phi) is 6.49. The van der Waals surface area contributed by atoms with Crippen LogP contribution in [0.25, 0.3) is 0 Å². The molecule has 0 aliphatic carbocycles. The molecule has 184 valence electrons. The van der Waals surface area contributed by atoms with Gasteiger partial charge in [0.2, 0.25) is 0 Å². The largest absolute Gasteiger partial charge is 0.459 e. The van der Waals surface area contributed by atoms with E-state index in [1.54, 1.807) is 0 Å². The summed E-state index contributed by atoms with van der Waals surface area (Å²) < 4.78 is 172. The molecule has 1 aromatic heterocycles. The van der Waals surface area contributed by atoms with Crippen LogP contribution in [0.4, 0.5) is 52.7 Å². The second-order valence-corrected chi connectivity index (χ2v) is 6.08. The molecule has 1 atom stereocenters. The molecule has 0 spiro atoms. The third-order valence-corrected chi connectivity index (χ3v) is 3.87. The molecule has 18 heteroatoms. The molecule has 2 heterocycles. The Morgan fingerprint density at radius 1 is 1.00 bits per heavy atom. The monoisotopic (exact) mass is 499 g/mol. The summed E-state index contributed by atoms with van der Waals surface area (Å²) in [7, 11) is 0. The van der Waals surface area contributed by atoms with Crippen molar-refractivity contribution >= 4 is 5.91 Å². The van der Waals surface area contributed by atoms with Crippen LogP contribution in [0.1, 0.15) is 10.6 Å². The highest BCUT2D eigenvalue weighted by Gasteiger charge is 2.78. The van der Waals surface area contributed by atoms with E-state index in [0.29, 0.717) is 11.4 Å². The zero-order valence-electron chi connectivity index (χ0n) is 14.8.